The van der Waals surface area contributed by atoms with E-state index in [0.29, 0.717) is 5.56 Å². The van der Waals surface area contributed by atoms with Crippen LogP contribution in [0.15, 0.2) is 83.0 Å². The molecule has 0 fully saturated rings. The van der Waals surface area contributed by atoms with E-state index in [2.05, 4.69) is 20.8 Å². The van der Waals surface area contributed by atoms with Gasteiger partial charge in [-0.15, -0.1) is 0 Å². The molecule has 0 bridgehead atoms. The van der Waals surface area contributed by atoms with E-state index in [1.54, 1.807) is 12.1 Å². The highest BCUT2D eigenvalue weighted by molar-refractivity contribution is 7.99. The number of carbonyl (C=O) groups is 1. The van der Waals surface area contributed by atoms with E-state index in [-0.39, 0.29) is 16.5 Å². The van der Waals surface area contributed by atoms with Crippen molar-refractivity contribution in [3.8, 4) is 0 Å². The summed E-state index contributed by atoms with van der Waals surface area (Å²) in [7, 11) is 0. The summed E-state index contributed by atoms with van der Waals surface area (Å²) in [5, 5.41) is 13.6. The van der Waals surface area contributed by atoms with Crippen LogP contribution >= 0.6 is 11.8 Å². The predicted molar refractivity (Wildman–Crippen MR) is 119 cm³/mol. The monoisotopic (exact) mass is 431 g/mol. The molecule has 0 unspecified atom stereocenters. The number of fused-ring (bicyclic) bond motifs is 1. The van der Waals surface area contributed by atoms with Gasteiger partial charge in [0.2, 0.25) is 5.82 Å². The first-order valence-corrected chi connectivity index (χ1v) is 10.1. The molecule has 0 aliphatic rings. The summed E-state index contributed by atoms with van der Waals surface area (Å²) in [4.78, 5) is 32.7. The molecule has 0 aliphatic carbocycles. The van der Waals surface area contributed by atoms with Gasteiger partial charge >= 0.3 is 5.69 Å². The Kier molecular flexibility index (Phi) is 5.76. The summed E-state index contributed by atoms with van der Waals surface area (Å²) in [6, 6.07) is 20.4. The molecule has 0 aliphatic heterocycles. The molecule has 1 amide bonds. The van der Waals surface area contributed by atoms with Gasteiger partial charge in [-0.05, 0) is 35.9 Å². The van der Waals surface area contributed by atoms with Gasteiger partial charge in [-0.1, -0.05) is 65.9 Å². The van der Waals surface area contributed by atoms with E-state index >= 15 is 0 Å². The van der Waals surface area contributed by atoms with Crippen LogP contribution in [0.25, 0.3) is 10.8 Å². The molecule has 2 N–H and O–H groups in total. The third-order valence-electron chi connectivity index (χ3n) is 4.54. The topological polar surface area (TPSA) is 110 Å². The van der Waals surface area contributed by atoms with Gasteiger partial charge in [0.15, 0.2) is 5.03 Å². The Bertz CT molecular complexity index is 1270. The average Bonchev–Trinajstić information content (AvgIpc) is 2.78. The summed E-state index contributed by atoms with van der Waals surface area (Å²) >= 11 is 1.15. The minimum Gasteiger partial charge on any atom is -0.276 e. The highest BCUT2D eigenvalue weighted by Gasteiger charge is 2.24. The predicted octanol–water partition coefficient (Wildman–Crippen LogP) is 4.75. The number of carbonyl (C=O) groups excluding carboxylic acids is 1. The van der Waals surface area contributed by atoms with Gasteiger partial charge in [0, 0.05) is 10.5 Å². The van der Waals surface area contributed by atoms with Crippen LogP contribution in [-0.2, 0) is 0 Å². The van der Waals surface area contributed by atoms with E-state index in [1.165, 1.54) is 6.33 Å². The fourth-order valence-corrected chi connectivity index (χ4v) is 3.88. The van der Waals surface area contributed by atoms with Gasteiger partial charge in [-0.2, -0.15) is 0 Å². The minimum atomic E-state index is -0.567. The van der Waals surface area contributed by atoms with E-state index in [9.17, 15) is 14.9 Å². The first-order chi connectivity index (χ1) is 15.0. The molecule has 3 aromatic carbocycles. The molecule has 0 spiro atoms. The average molecular weight is 431 g/mol. The summed E-state index contributed by atoms with van der Waals surface area (Å²) in [6.07, 6.45) is 1.22. The molecule has 31 heavy (non-hydrogen) atoms. The molecule has 154 valence electrons. The highest BCUT2D eigenvalue weighted by atomic mass is 32.2. The number of hydrogen-bond donors (Lipinski definition) is 2. The lowest BCUT2D eigenvalue weighted by Gasteiger charge is -2.11. The summed E-state index contributed by atoms with van der Waals surface area (Å²) < 4.78 is 0. The van der Waals surface area contributed by atoms with Crippen LogP contribution in [0.4, 0.5) is 11.5 Å². The van der Waals surface area contributed by atoms with E-state index in [0.717, 1.165) is 33.0 Å². The zero-order chi connectivity index (χ0) is 21.8. The van der Waals surface area contributed by atoms with Crippen LogP contribution in [0.1, 0.15) is 15.9 Å². The molecule has 0 saturated heterocycles. The highest BCUT2D eigenvalue weighted by Crippen LogP contribution is 2.36. The second-order valence-electron chi connectivity index (χ2n) is 6.65. The van der Waals surface area contributed by atoms with Crippen LogP contribution in [-0.4, -0.2) is 20.8 Å². The van der Waals surface area contributed by atoms with Gasteiger partial charge < -0.3 is 0 Å². The number of nitrogens with zero attached hydrogens (tertiary/aromatic N) is 3. The normalized spacial score (nSPS) is 10.6. The SMILES string of the molecule is Cc1ccc(Sc2ncnc(NNC(=O)c3cccc4ccccc34)c2[N+](=O)[O-])cc1. The Hall–Kier alpha value is -3.98. The maximum atomic E-state index is 12.7. The third-order valence-corrected chi connectivity index (χ3v) is 5.54. The number of nitro groups is 1. The number of hydrazine groups is 1. The molecule has 8 nitrogen and oxygen atoms in total. The van der Waals surface area contributed by atoms with Crippen molar-refractivity contribution in [1.29, 1.82) is 0 Å². The van der Waals surface area contributed by atoms with Crippen molar-refractivity contribution in [2.24, 2.45) is 0 Å². The first-order valence-electron chi connectivity index (χ1n) is 9.31. The number of anilines is 1. The quantitative estimate of drug-likeness (QED) is 0.257. The lowest BCUT2D eigenvalue weighted by Crippen LogP contribution is -2.30. The third kappa shape index (κ3) is 4.46. The molecule has 0 saturated carbocycles. The van der Waals surface area contributed by atoms with Crippen LogP contribution in [0.3, 0.4) is 0 Å². The van der Waals surface area contributed by atoms with Crippen molar-refractivity contribution in [3.05, 3.63) is 94.3 Å². The number of nitrogens with one attached hydrogen (secondary N) is 2. The zero-order valence-electron chi connectivity index (χ0n) is 16.4. The maximum Gasteiger partial charge on any atom is 0.345 e. The van der Waals surface area contributed by atoms with Gasteiger partial charge in [-0.25, -0.2) is 9.97 Å². The Morgan fingerprint density at radius 3 is 2.52 bits per heavy atom. The second kappa shape index (κ2) is 8.80. The number of benzene rings is 3. The van der Waals surface area contributed by atoms with Crippen molar-refractivity contribution >= 4 is 39.9 Å². The molecule has 1 aromatic heterocycles. The summed E-state index contributed by atoms with van der Waals surface area (Å²) in [5.74, 6) is -0.527. The molecule has 0 atom stereocenters. The standard InChI is InChI=1S/C22H17N5O3S/c1-14-9-11-16(12-10-14)31-22-19(27(29)30)20(23-13-24-22)25-26-21(28)18-8-4-6-15-5-2-3-7-17(15)18/h2-13H,1H3,(H,26,28)(H,23,24,25). The van der Waals surface area contributed by atoms with Gasteiger partial charge in [0.25, 0.3) is 5.91 Å². The number of amides is 1. The van der Waals surface area contributed by atoms with E-state index < -0.39 is 10.8 Å². The Labute approximate surface area is 181 Å². The minimum absolute atomic E-state index is 0.0943. The largest absolute Gasteiger partial charge is 0.345 e. The molecule has 0 radical (unpaired) electrons. The van der Waals surface area contributed by atoms with Gasteiger partial charge in [0.1, 0.15) is 6.33 Å². The van der Waals surface area contributed by atoms with Crippen LogP contribution in [0.2, 0.25) is 0 Å². The Morgan fingerprint density at radius 2 is 1.74 bits per heavy atom. The van der Waals surface area contributed by atoms with Gasteiger partial charge in [0.05, 0.1) is 4.92 Å². The summed E-state index contributed by atoms with van der Waals surface area (Å²) in [5.41, 5.74) is 6.31. The van der Waals surface area contributed by atoms with Gasteiger partial charge in [-0.3, -0.25) is 25.8 Å². The summed E-state index contributed by atoms with van der Waals surface area (Å²) in [6.45, 7) is 1.96. The fraction of sp³-hybridized carbons (Fsp3) is 0.0455. The van der Waals surface area contributed by atoms with Crippen LogP contribution in [0.5, 0.6) is 0 Å². The molecular weight excluding hydrogens is 414 g/mol. The fourth-order valence-electron chi connectivity index (χ4n) is 3.02. The van der Waals surface area contributed by atoms with Crippen molar-refractivity contribution in [2.45, 2.75) is 16.8 Å². The molecule has 9 heteroatoms. The molecule has 4 rings (SSSR count). The first kappa shape index (κ1) is 20.3. The Balaban J connectivity index is 1.58. The number of hydrogen-bond acceptors (Lipinski definition) is 7. The maximum absolute atomic E-state index is 12.7. The number of aryl methyl sites for hydroxylation is 1. The van der Waals surface area contributed by atoms with Crippen LogP contribution in [0, 0.1) is 17.0 Å². The lowest BCUT2D eigenvalue weighted by molar-refractivity contribution is -0.387. The zero-order valence-corrected chi connectivity index (χ0v) is 17.2. The van der Waals surface area contributed by atoms with Crippen molar-refractivity contribution in [3.63, 3.8) is 0 Å². The lowest BCUT2D eigenvalue weighted by atomic mass is 10.0. The Morgan fingerprint density at radius 1 is 1.00 bits per heavy atom. The van der Waals surface area contributed by atoms with E-state index in [4.69, 9.17) is 0 Å². The van der Waals surface area contributed by atoms with E-state index in [1.807, 2.05) is 61.5 Å². The second-order valence-corrected chi connectivity index (χ2v) is 7.72. The molecule has 4 aromatic rings. The molecule has 1 heterocycles. The number of aromatic nitrogens is 2. The van der Waals surface area contributed by atoms with Crippen molar-refractivity contribution in [2.75, 3.05) is 5.43 Å². The number of rotatable bonds is 6. The molecular formula is C22H17N5O3S. The van der Waals surface area contributed by atoms with Crippen LogP contribution < -0.4 is 10.9 Å². The van der Waals surface area contributed by atoms with Crippen molar-refractivity contribution in [1.82, 2.24) is 15.4 Å². The smallest absolute Gasteiger partial charge is 0.276 e. The van der Waals surface area contributed by atoms with Crippen molar-refractivity contribution < 1.29 is 9.72 Å².